The molecule has 2 aromatic rings. The number of para-hydroxylation sites is 1. The van der Waals surface area contributed by atoms with Crippen LogP contribution in [0, 0.1) is 6.92 Å². The number of nitrogens with one attached hydrogen (secondary N) is 1. The lowest BCUT2D eigenvalue weighted by Gasteiger charge is -2.16. The van der Waals surface area contributed by atoms with Gasteiger partial charge in [0.1, 0.15) is 5.75 Å². The molecule has 0 fully saturated rings. The van der Waals surface area contributed by atoms with Gasteiger partial charge in [0.15, 0.2) is 0 Å². The van der Waals surface area contributed by atoms with E-state index < -0.39 is 0 Å². The van der Waals surface area contributed by atoms with Crippen molar-refractivity contribution in [3.8, 4) is 5.75 Å². The van der Waals surface area contributed by atoms with Crippen LogP contribution in [0.4, 0.5) is 5.69 Å². The number of ether oxygens (including phenoxy) is 1. The second-order valence-corrected chi connectivity index (χ2v) is 6.47. The van der Waals surface area contributed by atoms with Crippen LogP contribution in [-0.2, 0) is 6.54 Å². The second-order valence-electron chi connectivity index (χ2n) is 5.21. The van der Waals surface area contributed by atoms with Gasteiger partial charge in [-0.25, -0.2) is 0 Å². The van der Waals surface area contributed by atoms with Gasteiger partial charge in [0.05, 0.1) is 11.8 Å². The van der Waals surface area contributed by atoms with Crippen molar-refractivity contribution in [2.24, 2.45) is 0 Å². The minimum atomic E-state index is 0.159. The lowest BCUT2D eigenvalue weighted by Crippen LogP contribution is -2.09. The lowest BCUT2D eigenvalue weighted by molar-refractivity contribution is 0.240. The number of anilines is 1. The summed E-state index contributed by atoms with van der Waals surface area (Å²) in [6.45, 7) is 6.73. The molecule has 0 aliphatic rings. The maximum atomic E-state index is 6.18. The van der Waals surface area contributed by atoms with Crippen LogP contribution in [-0.4, -0.2) is 6.10 Å². The van der Waals surface area contributed by atoms with Crippen molar-refractivity contribution < 1.29 is 4.74 Å². The summed E-state index contributed by atoms with van der Waals surface area (Å²) in [5.74, 6) is 0.911. The molecule has 0 heterocycles. The van der Waals surface area contributed by atoms with E-state index in [9.17, 15) is 0 Å². The monoisotopic (exact) mass is 367 g/mol. The minimum Gasteiger partial charge on any atom is -0.491 e. The first kappa shape index (κ1) is 16.2. The Kier molecular flexibility index (Phi) is 5.54. The maximum Gasteiger partial charge on any atom is 0.124 e. The quantitative estimate of drug-likeness (QED) is 0.719. The smallest absolute Gasteiger partial charge is 0.124 e. The molecule has 0 unspecified atom stereocenters. The Labute approximate surface area is 139 Å². The Morgan fingerprint density at radius 3 is 2.67 bits per heavy atom. The average Bonchev–Trinajstić information content (AvgIpc) is 2.42. The summed E-state index contributed by atoms with van der Waals surface area (Å²) in [4.78, 5) is 0. The van der Waals surface area contributed by atoms with Gasteiger partial charge in [0, 0.05) is 21.6 Å². The van der Waals surface area contributed by atoms with E-state index in [-0.39, 0.29) is 6.10 Å². The molecule has 0 saturated carbocycles. The van der Waals surface area contributed by atoms with Gasteiger partial charge in [0.25, 0.3) is 0 Å². The van der Waals surface area contributed by atoms with Crippen LogP contribution >= 0.6 is 27.5 Å². The normalized spacial score (nSPS) is 10.8. The summed E-state index contributed by atoms with van der Waals surface area (Å²) in [6, 6.07) is 12.0. The van der Waals surface area contributed by atoms with Gasteiger partial charge in [-0.3, -0.25) is 0 Å². The first-order chi connectivity index (χ1) is 9.97. The largest absolute Gasteiger partial charge is 0.491 e. The van der Waals surface area contributed by atoms with E-state index in [0.29, 0.717) is 6.54 Å². The Bertz CT molecular complexity index is 628. The molecular weight excluding hydrogens is 350 g/mol. The van der Waals surface area contributed by atoms with E-state index >= 15 is 0 Å². The molecule has 112 valence electrons. The van der Waals surface area contributed by atoms with Crippen LogP contribution in [0.5, 0.6) is 5.75 Å². The number of hydrogen-bond acceptors (Lipinski definition) is 2. The lowest BCUT2D eigenvalue weighted by atomic mass is 10.2. The van der Waals surface area contributed by atoms with Gasteiger partial charge in [0.2, 0.25) is 0 Å². The topological polar surface area (TPSA) is 21.3 Å². The van der Waals surface area contributed by atoms with Gasteiger partial charge in [-0.05, 0) is 60.5 Å². The molecule has 0 spiro atoms. The maximum absolute atomic E-state index is 6.18. The van der Waals surface area contributed by atoms with Crippen molar-refractivity contribution in [2.45, 2.75) is 33.4 Å². The molecule has 0 saturated heterocycles. The number of rotatable bonds is 5. The highest BCUT2D eigenvalue weighted by Gasteiger charge is 2.07. The van der Waals surface area contributed by atoms with E-state index in [1.165, 1.54) is 0 Å². The molecule has 4 heteroatoms. The molecule has 0 atom stereocenters. The van der Waals surface area contributed by atoms with E-state index in [4.69, 9.17) is 16.3 Å². The van der Waals surface area contributed by atoms with Crippen molar-refractivity contribution in [3.63, 3.8) is 0 Å². The van der Waals surface area contributed by atoms with Gasteiger partial charge in [-0.2, -0.15) is 0 Å². The molecule has 2 rings (SSSR count). The van der Waals surface area contributed by atoms with Crippen LogP contribution in [0.2, 0.25) is 5.02 Å². The van der Waals surface area contributed by atoms with Crippen LogP contribution in [0.25, 0.3) is 0 Å². The van der Waals surface area contributed by atoms with E-state index in [0.717, 1.165) is 32.1 Å². The zero-order valence-electron chi connectivity index (χ0n) is 12.4. The fourth-order valence-electron chi connectivity index (χ4n) is 1.99. The van der Waals surface area contributed by atoms with Crippen LogP contribution in [0.15, 0.2) is 40.9 Å². The predicted octanol–water partition coefficient (Wildman–Crippen LogP) is 5.81. The van der Waals surface area contributed by atoms with Gasteiger partial charge < -0.3 is 10.1 Å². The molecule has 1 N–H and O–H groups in total. The molecule has 21 heavy (non-hydrogen) atoms. The zero-order chi connectivity index (χ0) is 15.4. The molecule has 0 radical (unpaired) electrons. The second kappa shape index (κ2) is 7.19. The van der Waals surface area contributed by atoms with Gasteiger partial charge >= 0.3 is 0 Å². The van der Waals surface area contributed by atoms with Crippen molar-refractivity contribution in [1.29, 1.82) is 0 Å². The third-order valence-corrected chi connectivity index (χ3v) is 4.12. The van der Waals surface area contributed by atoms with Crippen LogP contribution in [0.1, 0.15) is 25.0 Å². The van der Waals surface area contributed by atoms with E-state index in [2.05, 4.69) is 27.3 Å². The fraction of sp³-hybridized carbons (Fsp3) is 0.294. The van der Waals surface area contributed by atoms with E-state index in [1.54, 1.807) is 0 Å². The predicted molar refractivity (Wildman–Crippen MR) is 93.4 cm³/mol. The Hall–Kier alpha value is -1.19. The minimum absolute atomic E-state index is 0.159. The van der Waals surface area contributed by atoms with Crippen molar-refractivity contribution in [2.75, 3.05) is 5.32 Å². The number of hydrogen-bond donors (Lipinski definition) is 1. The Balaban J connectivity index is 2.15. The molecule has 2 nitrogen and oxygen atoms in total. The first-order valence-electron chi connectivity index (χ1n) is 6.91. The summed E-state index contributed by atoms with van der Waals surface area (Å²) in [6.07, 6.45) is 0.159. The summed E-state index contributed by atoms with van der Waals surface area (Å²) < 4.78 is 6.84. The summed E-state index contributed by atoms with van der Waals surface area (Å²) in [5.41, 5.74) is 3.15. The fourth-order valence-corrected chi connectivity index (χ4v) is 2.75. The van der Waals surface area contributed by atoms with Crippen molar-refractivity contribution >= 4 is 33.2 Å². The number of aryl methyl sites for hydroxylation is 1. The SMILES string of the molecule is Cc1cc(Br)c(NCc2ccccc2OC(C)C)cc1Cl. The Morgan fingerprint density at radius 1 is 1.24 bits per heavy atom. The van der Waals surface area contributed by atoms with Crippen molar-refractivity contribution in [1.82, 2.24) is 0 Å². The summed E-state index contributed by atoms with van der Waals surface area (Å²) in [7, 11) is 0. The molecule has 0 aromatic heterocycles. The standard InChI is InChI=1S/C17H19BrClNO/c1-11(2)21-17-7-5-4-6-13(17)10-20-16-9-15(19)12(3)8-14(16)18/h4-9,11,20H,10H2,1-3H3. The van der Waals surface area contributed by atoms with Crippen LogP contribution < -0.4 is 10.1 Å². The zero-order valence-corrected chi connectivity index (χ0v) is 14.8. The van der Waals surface area contributed by atoms with E-state index in [1.807, 2.05) is 51.1 Å². The molecule has 0 aliphatic carbocycles. The highest BCUT2D eigenvalue weighted by molar-refractivity contribution is 9.10. The number of halogens is 2. The summed E-state index contributed by atoms with van der Waals surface area (Å²) >= 11 is 9.74. The van der Waals surface area contributed by atoms with Gasteiger partial charge in [-0.1, -0.05) is 29.8 Å². The van der Waals surface area contributed by atoms with Crippen LogP contribution in [0.3, 0.4) is 0 Å². The third-order valence-electron chi connectivity index (χ3n) is 3.05. The first-order valence-corrected chi connectivity index (χ1v) is 8.08. The third kappa shape index (κ3) is 4.39. The molecule has 0 aliphatic heterocycles. The molecule has 2 aromatic carbocycles. The highest BCUT2D eigenvalue weighted by Crippen LogP contribution is 2.30. The number of benzene rings is 2. The Morgan fingerprint density at radius 2 is 1.95 bits per heavy atom. The summed E-state index contributed by atoms with van der Waals surface area (Å²) in [5, 5.41) is 4.16. The molecule has 0 amide bonds. The van der Waals surface area contributed by atoms with Gasteiger partial charge in [-0.15, -0.1) is 0 Å². The highest BCUT2D eigenvalue weighted by atomic mass is 79.9. The molecular formula is C17H19BrClNO. The average molecular weight is 369 g/mol. The van der Waals surface area contributed by atoms with Crippen molar-refractivity contribution in [3.05, 3.63) is 57.0 Å². The molecule has 0 bridgehead atoms.